The van der Waals surface area contributed by atoms with Gasteiger partial charge in [-0.05, 0) is 35.7 Å². The first-order chi connectivity index (χ1) is 9.06. The number of pyridine rings is 1. The lowest BCUT2D eigenvalue weighted by atomic mass is 10.0. The maximum absolute atomic E-state index is 10.7. The van der Waals surface area contributed by atoms with Crippen LogP contribution in [0.4, 0.5) is 0 Å². The molecule has 4 heteroatoms. The van der Waals surface area contributed by atoms with Gasteiger partial charge in [-0.25, -0.2) is 9.78 Å². The van der Waals surface area contributed by atoms with E-state index in [2.05, 4.69) is 43.1 Å². The summed E-state index contributed by atoms with van der Waals surface area (Å²) in [4.78, 5) is 16.0. The molecule has 2 rings (SSSR count). The summed E-state index contributed by atoms with van der Waals surface area (Å²) >= 11 is 1.52. The Morgan fingerprint density at radius 3 is 2.32 bits per heavy atom. The quantitative estimate of drug-likeness (QED) is 0.912. The van der Waals surface area contributed by atoms with Gasteiger partial charge < -0.3 is 5.11 Å². The average molecular weight is 273 g/mol. The van der Waals surface area contributed by atoms with E-state index in [0.29, 0.717) is 5.92 Å². The lowest BCUT2D eigenvalue weighted by molar-refractivity contribution is 0.0696. The van der Waals surface area contributed by atoms with Crippen LogP contribution in [0.3, 0.4) is 0 Å². The summed E-state index contributed by atoms with van der Waals surface area (Å²) in [6.45, 7) is 4.32. The van der Waals surface area contributed by atoms with Gasteiger partial charge in [0.25, 0.3) is 0 Å². The number of nitrogens with zero attached hydrogens (tertiary/aromatic N) is 1. The number of aromatic nitrogens is 1. The van der Waals surface area contributed by atoms with Crippen LogP contribution in [0.1, 0.15) is 35.7 Å². The smallest absolute Gasteiger partial charge is 0.337 e. The molecule has 1 aromatic heterocycles. The van der Waals surface area contributed by atoms with Crippen LogP contribution in [0.25, 0.3) is 0 Å². The van der Waals surface area contributed by atoms with Crippen molar-refractivity contribution >= 4 is 17.7 Å². The van der Waals surface area contributed by atoms with Gasteiger partial charge in [0, 0.05) is 11.1 Å². The maximum atomic E-state index is 10.7. The van der Waals surface area contributed by atoms with Gasteiger partial charge in [0.05, 0.1) is 5.56 Å². The first kappa shape index (κ1) is 13.6. The number of carboxylic acids is 1. The van der Waals surface area contributed by atoms with Crippen molar-refractivity contribution in [2.24, 2.45) is 0 Å². The molecule has 98 valence electrons. The zero-order valence-corrected chi connectivity index (χ0v) is 11.6. The molecule has 0 aliphatic heterocycles. The standard InChI is InChI=1S/C15H15NO2S/c1-10(2)11-3-6-13(7-4-11)19-14-8-5-12(9-16-14)15(17)18/h3-10H,1-2H3,(H,17,18). The molecule has 0 fully saturated rings. The van der Waals surface area contributed by atoms with Gasteiger partial charge in [-0.3, -0.25) is 0 Å². The van der Waals surface area contributed by atoms with Gasteiger partial charge in [-0.15, -0.1) is 0 Å². The minimum atomic E-state index is -0.953. The molecule has 0 amide bonds. The van der Waals surface area contributed by atoms with Crippen LogP contribution in [0.2, 0.25) is 0 Å². The highest BCUT2D eigenvalue weighted by Gasteiger charge is 2.05. The summed E-state index contributed by atoms with van der Waals surface area (Å²) in [7, 11) is 0. The van der Waals surface area contributed by atoms with Crippen molar-refractivity contribution in [1.29, 1.82) is 0 Å². The van der Waals surface area contributed by atoms with E-state index >= 15 is 0 Å². The molecular formula is C15H15NO2S. The lowest BCUT2D eigenvalue weighted by Gasteiger charge is -2.06. The average Bonchev–Trinajstić information content (AvgIpc) is 2.40. The summed E-state index contributed by atoms with van der Waals surface area (Å²) in [5.41, 5.74) is 1.51. The summed E-state index contributed by atoms with van der Waals surface area (Å²) in [5, 5.41) is 9.59. The maximum Gasteiger partial charge on any atom is 0.337 e. The Kier molecular flexibility index (Phi) is 4.22. The zero-order valence-electron chi connectivity index (χ0n) is 10.8. The molecule has 1 aromatic carbocycles. The Labute approximate surface area is 116 Å². The number of rotatable bonds is 4. The predicted molar refractivity (Wildman–Crippen MR) is 75.9 cm³/mol. The second-order valence-corrected chi connectivity index (χ2v) is 5.61. The van der Waals surface area contributed by atoms with Crippen molar-refractivity contribution < 1.29 is 9.90 Å². The third-order valence-corrected chi connectivity index (χ3v) is 3.71. The van der Waals surface area contributed by atoms with Crippen LogP contribution in [0.5, 0.6) is 0 Å². The fraction of sp³-hybridized carbons (Fsp3) is 0.200. The number of benzene rings is 1. The Hall–Kier alpha value is -1.81. The molecule has 0 saturated carbocycles. The Morgan fingerprint density at radius 1 is 1.16 bits per heavy atom. The molecule has 19 heavy (non-hydrogen) atoms. The number of hydrogen-bond acceptors (Lipinski definition) is 3. The second-order valence-electron chi connectivity index (χ2n) is 4.52. The van der Waals surface area contributed by atoms with E-state index in [9.17, 15) is 4.79 Å². The number of hydrogen-bond donors (Lipinski definition) is 1. The highest BCUT2D eigenvalue weighted by molar-refractivity contribution is 7.99. The van der Waals surface area contributed by atoms with Crippen LogP contribution in [-0.4, -0.2) is 16.1 Å². The van der Waals surface area contributed by atoms with Gasteiger partial charge in [0.2, 0.25) is 0 Å². The Balaban J connectivity index is 2.10. The predicted octanol–water partition coefficient (Wildman–Crippen LogP) is 4.05. The molecule has 0 aliphatic rings. The van der Waals surface area contributed by atoms with Crippen molar-refractivity contribution in [3.63, 3.8) is 0 Å². The molecule has 2 aromatic rings. The summed E-state index contributed by atoms with van der Waals surface area (Å²) < 4.78 is 0. The molecule has 0 bridgehead atoms. The number of carboxylic acid groups (broad SMARTS) is 1. The third kappa shape index (κ3) is 3.58. The van der Waals surface area contributed by atoms with Gasteiger partial charge in [0.15, 0.2) is 0 Å². The van der Waals surface area contributed by atoms with E-state index in [-0.39, 0.29) is 5.56 Å². The van der Waals surface area contributed by atoms with Crippen LogP contribution in [-0.2, 0) is 0 Å². The van der Waals surface area contributed by atoms with Gasteiger partial charge >= 0.3 is 5.97 Å². The number of carbonyl (C=O) groups is 1. The Morgan fingerprint density at radius 2 is 1.84 bits per heavy atom. The van der Waals surface area contributed by atoms with E-state index in [1.807, 2.05) is 0 Å². The molecule has 0 spiro atoms. The molecule has 1 heterocycles. The molecular weight excluding hydrogens is 258 g/mol. The van der Waals surface area contributed by atoms with Crippen molar-refractivity contribution in [2.75, 3.05) is 0 Å². The third-order valence-electron chi connectivity index (χ3n) is 2.75. The minimum Gasteiger partial charge on any atom is -0.478 e. The van der Waals surface area contributed by atoms with E-state index in [4.69, 9.17) is 5.11 Å². The fourth-order valence-corrected chi connectivity index (χ4v) is 2.36. The summed E-state index contributed by atoms with van der Waals surface area (Å²) in [5.74, 6) is -0.433. The number of aromatic carboxylic acids is 1. The van der Waals surface area contributed by atoms with E-state index < -0.39 is 5.97 Å². The normalized spacial score (nSPS) is 10.7. The molecule has 1 N–H and O–H groups in total. The highest BCUT2D eigenvalue weighted by Crippen LogP contribution is 2.27. The van der Waals surface area contributed by atoms with Crippen LogP contribution in [0, 0.1) is 0 Å². The van der Waals surface area contributed by atoms with E-state index in [1.165, 1.54) is 23.5 Å². The second kappa shape index (κ2) is 5.89. The van der Waals surface area contributed by atoms with Crippen LogP contribution < -0.4 is 0 Å². The molecule has 0 atom stereocenters. The van der Waals surface area contributed by atoms with Crippen molar-refractivity contribution in [3.05, 3.63) is 53.7 Å². The van der Waals surface area contributed by atoms with Crippen molar-refractivity contribution in [2.45, 2.75) is 29.7 Å². The van der Waals surface area contributed by atoms with Crippen LogP contribution >= 0.6 is 11.8 Å². The first-order valence-electron chi connectivity index (χ1n) is 6.03. The zero-order chi connectivity index (χ0) is 13.8. The molecule has 0 aliphatic carbocycles. The molecule has 0 saturated heterocycles. The lowest BCUT2D eigenvalue weighted by Crippen LogP contribution is -1.96. The summed E-state index contributed by atoms with van der Waals surface area (Å²) in [6, 6.07) is 11.6. The molecule has 0 unspecified atom stereocenters. The fourth-order valence-electron chi connectivity index (χ4n) is 1.61. The monoisotopic (exact) mass is 273 g/mol. The van der Waals surface area contributed by atoms with E-state index in [1.54, 1.807) is 12.1 Å². The summed E-state index contributed by atoms with van der Waals surface area (Å²) in [6.07, 6.45) is 1.38. The van der Waals surface area contributed by atoms with Gasteiger partial charge in [0.1, 0.15) is 5.03 Å². The highest BCUT2D eigenvalue weighted by atomic mass is 32.2. The van der Waals surface area contributed by atoms with E-state index in [0.717, 1.165) is 9.92 Å². The SMILES string of the molecule is CC(C)c1ccc(Sc2ccc(C(=O)O)cn2)cc1. The minimum absolute atomic E-state index is 0.208. The Bertz CT molecular complexity index is 562. The topological polar surface area (TPSA) is 50.2 Å². The molecule has 3 nitrogen and oxygen atoms in total. The van der Waals surface area contributed by atoms with Crippen LogP contribution in [0.15, 0.2) is 52.5 Å². The largest absolute Gasteiger partial charge is 0.478 e. The van der Waals surface area contributed by atoms with Crippen molar-refractivity contribution in [1.82, 2.24) is 4.98 Å². The van der Waals surface area contributed by atoms with Gasteiger partial charge in [-0.2, -0.15) is 0 Å². The van der Waals surface area contributed by atoms with Crippen molar-refractivity contribution in [3.8, 4) is 0 Å². The first-order valence-corrected chi connectivity index (χ1v) is 6.85. The van der Waals surface area contributed by atoms with Gasteiger partial charge in [-0.1, -0.05) is 37.7 Å². The molecule has 0 radical (unpaired) electrons.